The number of hydrogen-bond acceptors (Lipinski definition) is 2. The molecule has 1 unspecified atom stereocenters. The van der Waals surface area contributed by atoms with Crippen molar-refractivity contribution in [3.63, 3.8) is 0 Å². The third kappa shape index (κ3) is 2.85. The van der Waals surface area contributed by atoms with Crippen molar-refractivity contribution in [2.45, 2.75) is 45.1 Å². The van der Waals surface area contributed by atoms with Crippen molar-refractivity contribution in [1.29, 1.82) is 0 Å². The molecule has 106 valence electrons. The summed E-state index contributed by atoms with van der Waals surface area (Å²) in [5.41, 5.74) is 2.56. The molecular formula is C18H24N2. The summed E-state index contributed by atoms with van der Waals surface area (Å²) in [6.45, 7) is 3.37. The quantitative estimate of drug-likeness (QED) is 0.858. The molecule has 1 fully saturated rings. The molecule has 0 radical (unpaired) electrons. The van der Waals surface area contributed by atoms with E-state index in [1.54, 1.807) is 0 Å². The van der Waals surface area contributed by atoms with E-state index in [9.17, 15) is 0 Å². The summed E-state index contributed by atoms with van der Waals surface area (Å²) >= 11 is 0. The van der Waals surface area contributed by atoms with Gasteiger partial charge in [0.1, 0.15) is 0 Å². The summed E-state index contributed by atoms with van der Waals surface area (Å²) in [6.07, 6.45) is 8.49. The highest BCUT2D eigenvalue weighted by Gasteiger charge is 2.27. The maximum absolute atomic E-state index is 4.47. The number of fused-ring (bicyclic) bond motifs is 1. The van der Waals surface area contributed by atoms with Crippen molar-refractivity contribution >= 4 is 10.9 Å². The van der Waals surface area contributed by atoms with E-state index in [0.29, 0.717) is 6.04 Å². The van der Waals surface area contributed by atoms with Crippen LogP contribution in [0.2, 0.25) is 0 Å². The van der Waals surface area contributed by atoms with E-state index in [2.05, 4.69) is 47.6 Å². The van der Waals surface area contributed by atoms with Crippen molar-refractivity contribution < 1.29 is 0 Å². The zero-order valence-corrected chi connectivity index (χ0v) is 12.3. The molecule has 1 atom stereocenters. The first-order chi connectivity index (χ1) is 9.88. The van der Waals surface area contributed by atoms with Gasteiger partial charge in [-0.25, -0.2) is 0 Å². The van der Waals surface area contributed by atoms with Crippen LogP contribution in [0.3, 0.4) is 0 Å². The molecule has 0 amide bonds. The highest BCUT2D eigenvalue weighted by atomic mass is 14.9. The lowest BCUT2D eigenvalue weighted by Gasteiger charge is -2.35. The third-order valence-electron chi connectivity index (χ3n) is 4.55. The van der Waals surface area contributed by atoms with Gasteiger partial charge < -0.3 is 5.32 Å². The van der Waals surface area contributed by atoms with Gasteiger partial charge in [0.15, 0.2) is 0 Å². The van der Waals surface area contributed by atoms with E-state index >= 15 is 0 Å². The molecule has 1 aliphatic rings. The van der Waals surface area contributed by atoms with Gasteiger partial charge in [-0.2, -0.15) is 0 Å². The molecule has 0 saturated heterocycles. The first-order valence-electron chi connectivity index (χ1n) is 7.94. The number of para-hydroxylation sites is 1. The van der Waals surface area contributed by atoms with Gasteiger partial charge in [0.2, 0.25) is 0 Å². The molecule has 1 heterocycles. The van der Waals surface area contributed by atoms with Crippen LogP contribution < -0.4 is 5.32 Å². The van der Waals surface area contributed by atoms with E-state index in [1.165, 1.54) is 36.6 Å². The Bertz CT molecular complexity index is 555. The van der Waals surface area contributed by atoms with Crippen LogP contribution in [0.1, 0.15) is 38.2 Å². The van der Waals surface area contributed by atoms with Crippen LogP contribution in [0.25, 0.3) is 10.9 Å². The summed E-state index contributed by atoms with van der Waals surface area (Å²) < 4.78 is 0. The van der Waals surface area contributed by atoms with Crippen LogP contribution in [-0.4, -0.2) is 17.6 Å². The van der Waals surface area contributed by atoms with Crippen LogP contribution >= 0.6 is 0 Å². The molecule has 2 nitrogen and oxygen atoms in total. The molecule has 0 bridgehead atoms. The minimum Gasteiger partial charge on any atom is -0.313 e. The molecule has 1 aromatic carbocycles. The highest BCUT2D eigenvalue weighted by Crippen LogP contribution is 2.32. The van der Waals surface area contributed by atoms with Gasteiger partial charge in [-0.15, -0.1) is 0 Å². The SMILES string of the molecule is CCCNC(Cc1ccnc2ccccc12)C1CCC1. The summed E-state index contributed by atoms with van der Waals surface area (Å²) in [5, 5.41) is 5.08. The standard InChI is InChI=1S/C18H24N2/c1-2-11-19-18(14-6-5-7-14)13-15-10-12-20-17-9-4-3-8-16(15)17/h3-4,8-10,12,14,18-19H,2,5-7,11,13H2,1H3. The van der Waals surface area contributed by atoms with E-state index in [1.807, 2.05) is 6.20 Å². The summed E-state index contributed by atoms with van der Waals surface area (Å²) in [5.74, 6) is 0.869. The second kappa shape index (κ2) is 6.36. The molecule has 1 aliphatic carbocycles. The second-order valence-corrected chi connectivity index (χ2v) is 5.94. The van der Waals surface area contributed by atoms with Crippen LogP contribution in [0.15, 0.2) is 36.5 Å². The average Bonchev–Trinajstić information content (AvgIpc) is 2.43. The van der Waals surface area contributed by atoms with Gasteiger partial charge in [-0.3, -0.25) is 4.98 Å². The topological polar surface area (TPSA) is 24.9 Å². The third-order valence-corrected chi connectivity index (χ3v) is 4.55. The van der Waals surface area contributed by atoms with Crippen molar-refractivity contribution in [3.05, 3.63) is 42.1 Å². The van der Waals surface area contributed by atoms with Gasteiger partial charge in [0.25, 0.3) is 0 Å². The lowest BCUT2D eigenvalue weighted by Crippen LogP contribution is -2.41. The Morgan fingerprint density at radius 1 is 1.25 bits per heavy atom. The molecule has 2 aromatic rings. The number of aromatic nitrogens is 1. The van der Waals surface area contributed by atoms with E-state index in [4.69, 9.17) is 0 Å². The van der Waals surface area contributed by atoms with E-state index < -0.39 is 0 Å². The van der Waals surface area contributed by atoms with Crippen molar-refractivity contribution in [1.82, 2.24) is 10.3 Å². The fraction of sp³-hybridized carbons (Fsp3) is 0.500. The molecular weight excluding hydrogens is 244 g/mol. The number of nitrogens with zero attached hydrogens (tertiary/aromatic N) is 1. The number of nitrogens with one attached hydrogen (secondary N) is 1. The smallest absolute Gasteiger partial charge is 0.0704 e. The Hall–Kier alpha value is -1.41. The van der Waals surface area contributed by atoms with Gasteiger partial charge >= 0.3 is 0 Å². The van der Waals surface area contributed by atoms with Gasteiger partial charge in [0.05, 0.1) is 5.52 Å². The van der Waals surface area contributed by atoms with E-state index in [0.717, 1.165) is 24.4 Å². The molecule has 2 heteroatoms. The predicted octanol–water partition coefficient (Wildman–Crippen LogP) is 3.95. The van der Waals surface area contributed by atoms with Crippen molar-refractivity contribution in [2.24, 2.45) is 5.92 Å². The van der Waals surface area contributed by atoms with Gasteiger partial charge in [0, 0.05) is 17.6 Å². The maximum atomic E-state index is 4.47. The zero-order valence-electron chi connectivity index (χ0n) is 12.3. The largest absolute Gasteiger partial charge is 0.313 e. The number of hydrogen-bond donors (Lipinski definition) is 1. The van der Waals surface area contributed by atoms with Gasteiger partial charge in [-0.05, 0) is 55.8 Å². The van der Waals surface area contributed by atoms with Crippen LogP contribution in [-0.2, 0) is 6.42 Å². The Morgan fingerprint density at radius 2 is 2.10 bits per heavy atom. The second-order valence-electron chi connectivity index (χ2n) is 5.94. The van der Waals surface area contributed by atoms with Gasteiger partial charge in [-0.1, -0.05) is 31.5 Å². The fourth-order valence-corrected chi connectivity index (χ4v) is 3.15. The Morgan fingerprint density at radius 3 is 2.85 bits per heavy atom. The maximum Gasteiger partial charge on any atom is 0.0704 e. The fourth-order valence-electron chi connectivity index (χ4n) is 3.15. The molecule has 3 rings (SSSR count). The summed E-state index contributed by atoms with van der Waals surface area (Å²) in [4.78, 5) is 4.47. The lowest BCUT2D eigenvalue weighted by molar-refractivity contribution is 0.228. The van der Waals surface area contributed by atoms with Crippen molar-refractivity contribution in [3.8, 4) is 0 Å². The first kappa shape index (κ1) is 13.6. The molecule has 1 aromatic heterocycles. The zero-order chi connectivity index (χ0) is 13.8. The minimum absolute atomic E-state index is 0.634. The molecule has 1 N–H and O–H groups in total. The Kier molecular flexibility index (Phi) is 4.31. The monoisotopic (exact) mass is 268 g/mol. The molecule has 0 spiro atoms. The van der Waals surface area contributed by atoms with E-state index in [-0.39, 0.29) is 0 Å². The molecule has 20 heavy (non-hydrogen) atoms. The Labute approximate surface area is 121 Å². The first-order valence-corrected chi connectivity index (χ1v) is 7.94. The minimum atomic E-state index is 0.634. The molecule has 0 aliphatic heterocycles. The Balaban J connectivity index is 1.82. The number of pyridine rings is 1. The van der Waals surface area contributed by atoms with Crippen LogP contribution in [0.4, 0.5) is 0 Å². The number of benzene rings is 1. The highest BCUT2D eigenvalue weighted by molar-refractivity contribution is 5.81. The summed E-state index contributed by atoms with van der Waals surface area (Å²) in [6, 6.07) is 11.3. The van der Waals surface area contributed by atoms with Crippen molar-refractivity contribution in [2.75, 3.05) is 6.54 Å². The molecule has 1 saturated carbocycles. The summed E-state index contributed by atoms with van der Waals surface area (Å²) in [7, 11) is 0. The van der Waals surface area contributed by atoms with Crippen LogP contribution in [0, 0.1) is 5.92 Å². The predicted molar refractivity (Wildman–Crippen MR) is 84.9 cm³/mol. The van der Waals surface area contributed by atoms with Crippen LogP contribution in [0.5, 0.6) is 0 Å². The number of rotatable bonds is 6. The lowest BCUT2D eigenvalue weighted by atomic mass is 9.77. The normalized spacial score (nSPS) is 17.1. The average molecular weight is 268 g/mol.